The van der Waals surface area contributed by atoms with Crippen LogP contribution >= 0.6 is 0 Å². The normalized spacial score (nSPS) is 10.5. The number of hydrogen-bond donors (Lipinski definition) is 0. The van der Waals surface area contributed by atoms with Gasteiger partial charge in [0.25, 0.3) is 0 Å². The summed E-state index contributed by atoms with van der Waals surface area (Å²) in [5.41, 5.74) is 4.28. The molecule has 0 spiro atoms. The van der Waals surface area contributed by atoms with Crippen molar-refractivity contribution in [3.05, 3.63) is 108 Å². The van der Waals surface area contributed by atoms with Crippen LogP contribution in [0.2, 0.25) is 0 Å². The molecular weight excluding hydrogens is 348 g/mol. The van der Waals surface area contributed by atoms with Gasteiger partial charge in [0.15, 0.2) is 0 Å². The van der Waals surface area contributed by atoms with Crippen LogP contribution in [0.15, 0.2) is 85.5 Å². The maximum atomic E-state index is 11.9. The summed E-state index contributed by atoms with van der Waals surface area (Å²) in [6.45, 7) is 9.26. The first-order chi connectivity index (χ1) is 13.6. The number of carbonyl (C=O) groups is 1. The summed E-state index contributed by atoms with van der Waals surface area (Å²) >= 11 is 0. The van der Waals surface area contributed by atoms with E-state index in [1.807, 2.05) is 54.6 Å². The molecule has 3 rings (SSSR count). The van der Waals surface area contributed by atoms with Crippen LogP contribution in [0.5, 0.6) is 0 Å². The Kier molecular flexibility index (Phi) is 6.22. The second-order valence-corrected chi connectivity index (χ2v) is 6.60. The van der Waals surface area contributed by atoms with Crippen molar-refractivity contribution >= 4 is 5.97 Å². The minimum atomic E-state index is -0.413. The molecule has 0 bridgehead atoms. The Morgan fingerprint density at radius 2 is 1.75 bits per heavy atom. The lowest BCUT2D eigenvalue weighted by Gasteiger charge is -2.12. The molecule has 0 atom stereocenters. The van der Waals surface area contributed by atoms with E-state index in [2.05, 4.69) is 29.9 Å². The summed E-state index contributed by atoms with van der Waals surface area (Å²) in [5.74, 6) is 0.485. The molecule has 4 nitrogen and oxygen atoms in total. The fourth-order valence-corrected chi connectivity index (χ4v) is 3.05. The molecule has 1 heterocycles. The zero-order valence-corrected chi connectivity index (χ0v) is 16.1. The molecular formula is C24H24N2O2. The molecule has 1 aromatic heterocycles. The molecule has 0 aliphatic heterocycles. The van der Waals surface area contributed by atoms with E-state index in [1.165, 1.54) is 5.56 Å². The number of para-hydroxylation sites is 1. The Morgan fingerprint density at radius 1 is 1.11 bits per heavy atom. The Labute approximate surface area is 165 Å². The molecule has 0 aliphatic rings. The fraction of sp³-hybridized carbons (Fsp3) is 0.167. The maximum absolute atomic E-state index is 11.9. The first-order valence-electron chi connectivity index (χ1n) is 9.22. The van der Waals surface area contributed by atoms with E-state index in [-0.39, 0.29) is 6.61 Å². The van der Waals surface area contributed by atoms with Crippen molar-refractivity contribution in [2.45, 2.75) is 26.4 Å². The third kappa shape index (κ3) is 4.46. The van der Waals surface area contributed by atoms with Crippen LogP contribution in [-0.4, -0.2) is 15.5 Å². The van der Waals surface area contributed by atoms with E-state index in [0.717, 1.165) is 22.9 Å². The monoisotopic (exact) mass is 372 g/mol. The summed E-state index contributed by atoms with van der Waals surface area (Å²) in [6.07, 6.45) is 3.14. The van der Waals surface area contributed by atoms with Crippen LogP contribution in [0.3, 0.4) is 0 Å². The molecule has 0 saturated carbocycles. The zero-order chi connectivity index (χ0) is 19.9. The van der Waals surface area contributed by atoms with Crippen LogP contribution in [0.1, 0.15) is 29.7 Å². The lowest BCUT2D eigenvalue weighted by molar-refractivity contribution is -0.140. The topological polar surface area (TPSA) is 44.1 Å². The van der Waals surface area contributed by atoms with E-state index in [4.69, 9.17) is 9.72 Å². The number of allylic oxidation sites excluding steroid dienone is 1. The van der Waals surface area contributed by atoms with Gasteiger partial charge in [0.05, 0.1) is 5.69 Å². The number of ether oxygens (including phenoxy) is 1. The molecule has 3 aromatic rings. The molecule has 0 aliphatic carbocycles. The summed E-state index contributed by atoms with van der Waals surface area (Å²) in [7, 11) is 0. The number of nitrogens with zero attached hydrogens (tertiary/aromatic N) is 2. The van der Waals surface area contributed by atoms with E-state index < -0.39 is 5.97 Å². The predicted octanol–water partition coefficient (Wildman–Crippen LogP) is 4.81. The smallest absolute Gasteiger partial charge is 0.333 e. The molecule has 2 aromatic carbocycles. The van der Waals surface area contributed by atoms with Crippen LogP contribution < -0.4 is 0 Å². The van der Waals surface area contributed by atoms with E-state index in [9.17, 15) is 4.79 Å². The van der Waals surface area contributed by atoms with Crippen molar-refractivity contribution in [2.24, 2.45) is 0 Å². The van der Waals surface area contributed by atoms with Crippen LogP contribution in [-0.2, 0) is 29.0 Å². The number of esters is 1. The molecule has 0 N–H and O–H groups in total. The Bertz CT molecular complexity index is 973. The van der Waals surface area contributed by atoms with Gasteiger partial charge in [0.1, 0.15) is 18.1 Å². The Balaban J connectivity index is 2.05. The van der Waals surface area contributed by atoms with Crippen molar-refractivity contribution in [2.75, 3.05) is 0 Å². The van der Waals surface area contributed by atoms with Gasteiger partial charge < -0.3 is 4.74 Å². The highest BCUT2D eigenvalue weighted by molar-refractivity contribution is 5.86. The summed E-state index contributed by atoms with van der Waals surface area (Å²) in [4.78, 5) is 16.7. The van der Waals surface area contributed by atoms with Gasteiger partial charge in [-0.25, -0.2) is 9.78 Å². The van der Waals surface area contributed by atoms with Crippen LogP contribution in [0, 0.1) is 0 Å². The van der Waals surface area contributed by atoms with E-state index in [1.54, 1.807) is 6.92 Å². The number of carbonyl (C=O) groups excluding carboxylic acids is 1. The number of benzene rings is 2. The summed E-state index contributed by atoms with van der Waals surface area (Å²) in [6, 6.07) is 20.3. The SMILES string of the molecule is C=CCc1c(COC(=O)C(=C)C)nc(Cc2ccccc2)n1-c1ccccc1. The van der Waals surface area contributed by atoms with Gasteiger partial charge in [-0.1, -0.05) is 61.2 Å². The molecule has 142 valence electrons. The van der Waals surface area contributed by atoms with E-state index >= 15 is 0 Å². The molecule has 28 heavy (non-hydrogen) atoms. The van der Waals surface area contributed by atoms with Crippen molar-refractivity contribution < 1.29 is 9.53 Å². The van der Waals surface area contributed by atoms with Gasteiger partial charge in [0.2, 0.25) is 0 Å². The van der Waals surface area contributed by atoms with Gasteiger partial charge in [-0.15, -0.1) is 6.58 Å². The minimum absolute atomic E-state index is 0.108. The van der Waals surface area contributed by atoms with Gasteiger partial charge in [-0.2, -0.15) is 0 Å². The van der Waals surface area contributed by atoms with E-state index in [0.29, 0.717) is 18.4 Å². The highest BCUT2D eigenvalue weighted by atomic mass is 16.5. The Hall–Kier alpha value is -3.40. The molecule has 0 radical (unpaired) electrons. The predicted molar refractivity (Wildman–Crippen MR) is 111 cm³/mol. The maximum Gasteiger partial charge on any atom is 0.333 e. The summed E-state index contributed by atoms with van der Waals surface area (Å²) < 4.78 is 7.52. The quantitative estimate of drug-likeness (QED) is 0.324. The lowest BCUT2D eigenvalue weighted by atomic mass is 10.1. The zero-order valence-electron chi connectivity index (χ0n) is 16.1. The second kappa shape index (κ2) is 9.00. The lowest BCUT2D eigenvalue weighted by Crippen LogP contribution is -2.08. The number of imidazole rings is 1. The first kappa shape index (κ1) is 19.4. The van der Waals surface area contributed by atoms with Crippen molar-refractivity contribution in [3.63, 3.8) is 0 Å². The minimum Gasteiger partial charge on any atom is -0.456 e. The third-order valence-corrected chi connectivity index (χ3v) is 4.37. The molecule has 0 fully saturated rings. The van der Waals surface area contributed by atoms with Gasteiger partial charge in [-0.3, -0.25) is 4.57 Å². The second-order valence-electron chi connectivity index (χ2n) is 6.60. The molecule has 0 unspecified atom stereocenters. The first-order valence-corrected chi connectivity index (χ1v) is 9.22. The van der Waals surface area contributed by atoms with Crippen LogP contribution in [0.25, 0.3) is 5.69 Å². The third-order valence-electron chi connectivity index (χ3n) is 4.37. The average Bonchev–Trinajstić information content (AvgIpc) is 3.04. The van der Waals surface area contributed by atoms with Crippen LogP contribution in [0.4, 0.5) is 0 Å². The number of hydrogen-bond acceptors (Lipinski definition) is 3. The Morgan fingerprint density at radius 3 is 2.36 bits per heavy atom. The van der Waals surface area contributed by atoms with Crippen molar-refractivity contribution in [3.8, 4) is 5.69 Å². The van der Waals surface area contributed by atoms with Gasteiger partial charge in [-0.05, 0) is 24.6 Å². The van der Waals surface area contributed by atoms with Gasteiger partial charge >= 0.3 is 5.97 Å². The highest BCUT2D eigenvalue weighted by Crippen LogP contribution is 2.23. The standard InChI is InChI=1S/C24H24N2O2/c1-4-11-22-21(17-28-24(27)18(2)3)25-23(16-19-12-7-5-8-13-19)26(22)20-14-9-6-10-15-20/h4-10,12-15H,1-2,11,16-17H2,3H3. The number of aromatic nitrogens is 2. The van der Waals surface area contributed by atoms with Crippen molar-refractivity contribution in [1.82, 2.24) is 9.55 Å². The number of rotatable bonds is 8. The molecule has 4 heteroatoms. The fourth-order valence-electron chi connectivity index (χ4n) is 3.05. The summed E-state index contributed by atoms with van der Waals surface area (Å²) in [5, 5.41) is 0. The average molecular weight is 372 g/mol. The highest BCUT2D eigenvalue weighted by Gasteiger charge is 2.19. The molecule has 0 saturated heterocycles. The molecule has 0 amide bonds. The van der Waals surface area contributed by atoms with Gasteiger partial charge in [0, 0.05) is 24.1 Å². The largest absolute Gasteiger partial charge is 0.456 e. The van der Waals surface area contributed by atoms with Crippen molar-refractivity contribution in [1.29, 1.82) is 0 Å².